The lowest BCUT2D eigenvalue weighted by Gasteiger charge is -2.14. The van der Waals surface area contributed by atoms with Crippen LogP contribution in [0, 0.1) is 0 Å². The summed E-state index contributed by atoms with van der Waals surface area (Å²) in [5, 5.41) is 8.69. The predicted octanol–water partition coefficient (Wildman–Crippen LogP) is 2.34. The van der Waals surface area contributed by atoms with Crippen LogP contribution < -0.4 is 0 Å². The van der Waals surface area contributed by atoms with Crippen LogP contribution in [0.2, 0.25) is 0 Å². The first-order valence-corrected chi connectivity index (χ1v) is 6.27. The summed E-state index contributed by atoms with van der Waals surface area (Å²) in [6.07, 6.45) is 0. The third kappa shape index (κ3) is 2.79. The number of aliphatic hydroxyl groups is 1. The van der Waals surface area contributed by atoms with Crippen molar-refractivity contribution in [1.82, 2.24) is 4.90 Å². The highest BCUT2D eigenvalue weighted by molar-refractivity contribution is 9.12. The molecule has 1 heterocycles. The SMILES string of the molecule is CN(CCO)C(=O)c1cc(Br)sc1Br. The number of hydrogen-bond acceptors (Lipinski definition) is 3. The summed E-state index contributed by atoms with van der Waals surface area (Å²) in [5.41, 5.74) is 0.623. The van der Waals surface area contributed by atoms with Crippen molar-refractivity contribution in [2.24, 2.45) is 0 Å². The fourth-order valence-electron chi connectivity index (χ4n) is 0.943. The molecule has 0 unspecified atom stereocenters. The van der Waals surface area contributed by atoms with Crippen molar-refractivity contribution >= 4 is 49.1 Å². The Kier molecular flexibility index (Phi) is 4.56. The Balaban J connectivity index is 2.83. The average molecular weight is 343 g/mol. The van der Waals surface area contributed by atoms with Gasteiger partial charge >= 0.3 is 0 Å². The zero-order valence-electron chi connectivity index (χ0n) is 7.46. The molecule has 1 N–H and O–H groups in total. The Morgan fingerprint density at radius 1 is 1.64 bits per heavy atom. The molecule has 6 heteroatoms. The lowest BCUT2D eigenvalue weighted by molar-refractivity contribution is 0.0766. The highest BCUT2D eigenvalue weighted by atomic mass is 79.9. The molecule has 3 nitrogen and oxygen atoms in total. The molecule has 1 aromatic rings. The largest absolute Gasteiger partial charge is 0.395 e. The quantitative estimate of drug-likeness (QED) is 0.915. The summed E-state index contributed by atoms with van der Waals surface area (Å²) >= 11 is 8.08. The Morgan fingerprint density at radius 3 is 2.71 bits per heavy atom. The molecule has 0 aliphatic heterocycles. The van der Waals surface area contributed by atoms with Gasteiger partial charge in [-0.3, -0.25) is 4.79 Å². The van der Waals surface area contributed by atoms with Crippen molar-refractivity contribution in [3.63, 3.8) is 0 Å². The van der Waals surface area contributed by atoms with E-state index in [1.165, 1.54) is 16.2 Å². The van der Waals surface area contributed by atoms with Gasteiger partial charge in [-0.15, -0.1) is 11.3 Å². The van der Waals surface area contributed by atoms with Crippen LogP contribution in [0.15, 0.2) is 13.6 Å². The molecule has 0 radical (unpaired) electrons. The lowest BCUT2D eigenvalue weighted by Crippen LogP contribution is -2.29. The number of nitrogens with zero attached hydrogens (tertiary/aromatic N) is 1. The van der Waals surface area contributed by atoms with E-state index in [4.69, 9.17) is 5.11 Å². The molecule has 78 valence electrons. The molecule has 1 amide bonds. The fraction of sp³-hybridized carbons (Fsp3) is 0.375. The van der Waals surface area contributed by atoms with Crippen LogP contribution in [0.3, 0.4) is 0 Å². The number of aliphatic hydroxyl groups excluding tert-OH is 1. The van der Waals surface area contributed by atoms with E-state index in [9.17, 15) is 4.79 Å². The van der Waals surface area contributed by atoms with Crippen LogP contribution in [0.25, 0.3) is 0 Å². The first-order chi connectivity index (χ1) is 6.56. The van der Waals surface area contributed by atoms with Crippen molar-refractivity contribution in [1.29, 1.82) is 0 Å². The van der Waals surface area contributed by atoms with Gasteiger partial charge in [-0.2, -0.15) is 0 Å². The summed E-state index contributed by atoms with van der Waals surface area (Å²) in [6, 6.07) is 1.77. The smallest absolute Gasteiger partial charge is 0.255 e. The molecule has 0 aromatic carbocycles. The molecule has 1 rings (SSSR count). The van der Waals surface area contributed by atoms with Gasteiger partial charge in [0.05, 0.1) is 19.7 Å². The molecule has 0 saturated carbocycles. The van der Waals surface area contributed by atoms with E-state index in [2.05, 4.69) is 31.9 Å². The normalized spacial score (nSPS) is 10.3. The Morgan fingerprint density at radius 2 is 2.29 bits per heavy atom. The molecule has 1 aromatic heterocycles. The number of likely N-dealkylation sites (N-methyl/N-ethyl adjacent to an activating group) is 1. The van der Waals surface area contributed by atoms with E-state index in [0.29, 0.717) is 12.1 Å². The molecule has 0 fully saturated rings. The highest BCUT2D eigenvalue weighted by Gasteiger charge is 2.16. The van der Waals surface area contributed by atoms with Crippen LogP contribution in [0.5, 0.6) is 0 Å². The van der Waals surface area contributed by atoms with Crippen LogP contribution in [0.4, 0.5) is 0 Å². The second-order valence-electron chi connectivity index (χ2n) is 2.69. The topological polar surface area (TPSA) is 40.5 Å². The Hall–Kier alpha value is 0.0900. The first-order valence-electron chi connectivity index (χ1n) is 3.87. The first kappa shape index (κ1) is 12.2. The van der Waals surface area contributed by atoms with Gasteiger partial charge in [-0.25, -0.2) is 0 Å². The molecule has 14 heavy (non-hydrogen) atoms. The number of hydrogen-bond donors (Lipinski definition) is 1. The van der Waals surface area contributed by atoms with Crippen molar-refractivity contribution in [3.8, 4) is 0 Å². The van der Waals surface area contributed by atoms with Crippen LogP contribution in [-0.4, -0.2) is 36.1 Å². The molecular formula is C8H9Br2NO2S. The minimum absolute atomic E-state index is 0.0227. The van der Waals surface area contributed by atoms with E-state index >= 15 is 0 Å². The molecule has 0 aliphatic rings. The minimum Gasteiger partial charge on any atom is -0.395 e. The summed E-state index contributed by atoms with van der Waals surface area (Å²) in [6.45, 7) is 0.323. The zero-order chi connectivity index (χ0) is 10.7. The number of rotatable bonds is 3. The van der Waals surface area contributed by atoms with Gasteiger partial charge in [0.15, 0.2) is 0 Å². The van der Waals surface area contributed by atoms with Gasteiger partial charge in [0.25, 0.3) is 5.91 Å². The second kappa shape index (κ2) is 5.25. The minimum atomic E-state index is -0.0899. The van der Waals surface area contributed by atoms with E-state index in [-0.39, 0.29) is 12.5 Å². The third-order valence-corrected chi connectivity index (χ3v) is 4.01. The second-order valence-corrected chi connectivity index (χ2v) is 6.44. The monoisotopic (exact) mass is 341 g/mol. The lowest BCUT2D eigenvalue weighted by atomic mass is 10.3. The number of amides is 1. The molecule has 0 atom stereocenters. The van der Waals surface area contributed by atoms with E-state index < -0.39 is 0 Å². The maximum atomic E-state index is 11.7. The molecular weight excluding hydrogens is 334 g/mol. The number of carbonyl (C=O) groups excluding carboxylic acids is 1. The van der Waals surface area contributed by atoms with E-state index in [1.807, 2.05) is 0 Å². The van der Waals surface area contributed by atoms with Crippen molar-refractivity contribution in [2.75, 3.05) is 20.2 Å². The molecule has 0 bridgehead atoms. The van der Waals surface area contributed by atoms with Crippen molar-refractivity contribution < 1.29 is 9.90 Å². The predicted molar refractivity (Wildman–Crippen MR) is 63.8 cm³/mol. The maximum absolute atomic E-state index is 11.7. The molecule has 0 aliphatic carbocycles. The summed E-state index contributed by atoms with van der Waals surface area (Å²) < 4.78 is 1.71. The summed E-state index contributed by atoms with van der Waals surface area (Å²) in [7, 11) is 1.66. The molecule has 0 spiro atoms. The van der Waals surface area contributed by atoms with Crippen LogP contribution in [0.1, 0.15) is 10.4 Å². The van der Waals surface area contributed by atoms with Gasteiger partial charge < -0.3 is 10.0 Å². The van der Waals surface area contributed by atoms with Gasteiger partial charge in [0, 0.05) is 13.6 Å². The van der Waals surface area contributed by atoms with Crippen LogP contribution in [-0.2, 0) is 0 Å². The van der Waals surface area contributed by atoms with E-state index in [1.54, 1.807) is 13.1 Å². The Bertz CT molecular complexity index is 340. The summed E-state index contributed by atoms with van der Waals surface area (Å²) in [5.74, 6) is -0.0899. The summed E-state index contributed by atoms with van der Waals surface area (Å²) in [4.78, 5) is 13.2. The van der Waals surface area contributed by atoms with Crippen LogP contribution >= 0.6 is 43.2 Å². The van der Waals surface area contributed by atoms with Gasteiger partial charge in [-0.1, -0.05) is 0 Å². The van der Waals surface area contributed by atoms with Crippen molar-refractivity contribution in [2.45, 2.75) is 0 Å². The zero-order valence-corrected chi connectivity index (χ0v) is 11.4. The number of carbonyl (C=O) groups is 1. The molecule has 0 saturated heterocycles. The van der Waals surface area contributed by atoms with Gasteiger partial charge in [-0.05, 0) is 37.9 Å². The maximum Gasteiger partial charge on any atom is 0.255 e. The number of halogens is 2. The van der Waals surface area contributed by atoms with Gasteiger partial charge in [0.2, 0.25) is 0 Å². The Labute approximate surface area is 103 Å². The third-order valence-electron chi connectivity index (χ3n) is 1.67. The fourth-order valence-corrected chi connectivity index (χ4v) is 3.72. The number of thiophene rings is 1. The van der Waals surface area contributed by atoms with E-state index in [0.717, 1.165) is 7.57 Å². The van der Waals surface area contributed by atoms with Gasteiger partial charge in [0.1, 0.15) is 0 Å². The standard InChI is InChI=1S/C8H9Br2NO2S/c1-11(2-3-12)8(13)5-4-6(9)14-7(5)10/h4,12H,2-3H2,1H3. The van der Waals surface area contributed by atoms with Crippen molar-refractivity contribution in [3.05, 3.63) is 19.2 Å². The highest BCUT2D eigenvalue weighted by Crippen LogP contribution is 2.32. The average Bonchev–Trinajstić information content (AvgIpc) is 2.44.